The molecule has 1 aromatic heterocycles. The molecule has 0 spiro atoms. The van der Waals surface area contributed by atoms with Crippen LogP contribution in [0.25, 0.3) is 0 Å². The minimum Gasteiger partial charge on any atom is -0.338 e. The summed E-state index contributed by atoms with van der Waals surface area (Å²) >= 11 is 0. The summed E-state index contributed by atoms with van der Waals surface area (Å²) in [6.45, 7) is 3.37. The molecular formula is C13H21N5O. The molecule has 104 valence electrons. The number of nitrogens with zero attached hydrogens (tertiary/aromatic N) is 4. The number of carbonyl (C=O) groups is 1. The van der Waals surface area contributed by atoms with Gasteiger partial charge in [0.15, 0.2) is 0 Å². The SMILES string of the molecule is O=C(Cn1ccnn1)N(CC1CCCNC1)C1CC1. The van der Waals surface area contributed by atoms with Gasteiger partial charge in [0.25, 0.3) is 0 Å². The van der Waals surface area contributed by atoms with E-state index in [0.29, 0.717) is 18.5 Å². The lowest BCUT2D eigenvalue weighted by Crippen LogP contribution is -2.43. The van der Waals surface area contributed by atoms with Crippen LogP contribution < -0.4 is 5.32 Å². The molecule has 1 atom stereocenters. The molecule has 19 heavy (non-hydrogen) atoms. The molecule has 1 saturated carbocycles. The molecule has 0 bridgehead atoms. The van der Waals surface area contributed by atoms with E-state index in [9.17, 15) is 4.79 Å². The van der Waals surface area contributed by atoms with Gasteiger partial charge in [-0.15, -0.1) is 5.10 Å². The molecular weight excluding hydrogens is 242 g/mol. The van der Waals surface area contributed by atoms with Crippen molar-refractivity contribution in [3.63, 3.8) is 0 Å². The van der Waals surface area contributed by atoms with E-state index in [1.807, 2.05) is 0 Å². The maximum Gasteiger partial charge on any atom is 0.244 e. The van der Waals surface area contributed by atoms with E-state index in [2.05, 4.69) is 20.5 Å². The van der Waals surface area contributed by atoms with Gasteiger partial charge in [0.1, 0.15) is 6.54 Å². The second-order valence-corrected chi connectivity index (χ2v) is 5.59. The molecule has 1 saturated heterocycles. The predicted octanol–water partition coefficient (Wildman–Crippen LogP) is 0.269. The van der Waals surface area contributed by atoms with Crippen molar-refractivity contribution in [2.75, 3.05) is 19.6 Å². The normalized spacial score (nSPS) is 23.3. The van der Waals surface area contributed by atoms with E-state index in [4.69, 9.17) is 0 Å². The highest BCUT2D eigenvalue weighted by Gasteiger charge is 2.34. The molecule has 1 aliphatic heterocycles. The molecule has 1 aromatic rings. The third-order valence-electron chi connectivity index (χ3n) is 3.93. The Balaban J connectivity index is 1.58. The molecule has 2 heterocycles. The summed E-state index contributed by atoms with van der Waals surface area (Å²) in [5.41, 5.74) is 0. The summed E-state index contributed by atoms with van der Waals surface area (Å²) in [7, 11) is 0. The lowest BCUT2D eigenvalue weighted by atomic mass is 9.99. The minimum atomic E-state index is 0.179. The van der Waals surface area contributed by atoms with Gasteiger partial charge in [-0.1, -0.05) is 5.21 Å². The maximum atomic E-state index is 12.4. The monoisotopic (exact) mass is 263 g/mol. The maximum absolute atomic E-state index is 12.4. The highest BCUT2D eigenvalue weighted by Crippen LogP contribution is 2.28. The van der Waals surface area contributed by atoms with Gasteiger partial charge in [-0.3, -0.25) is 4.79 Å². The van der Waals surface area contributed by atoms with Crippen LogP contribution in [-0.4, -0.2) is 51.5 Å². The zero-order valence-electron chi connectivity index (χ0n) is 11.2. The van der Waals surface area contributed by atoms with Gasteiger partial charge in [-0.25, -0.2) is 4.68 Å². The third kappa shape index (κ3) is 3.32. The van der Waals surface area contributed by atoms with Crippen LogP contribution >= 0.6 is 0 Å². The quantitative estimate of drug-likeness (QED) is 0.828. The van der Waals surface area contributed by atoms with Gasteiger partial charge in [-0.2, -0.15) is 0 Å². The van der Waals surface area contributed by atoms with Gasteiger partial charge in [0, 0.05) is 18.8 Å². The molecule has 0 radical (unpaired) electrons. The average Bonchev–Trinajstić information content (AvgIpc) is 3.15. The fourth-order valence-corrected chi connectivity index (χ4v) is 2.75. The average molecular weight is 263 g/mol. The summed E-state index contributed by atoms with van der Waals surface area (Å²) in [6, 6.07) is 0.470. The first-order chi connectivity index (χ1) is 9.33. The van der Waals surface area contributed by atoms with E-state index < -0.39 is 0 Å². The largest absolute Gasteiger partial charge is 0.338 e. The smallest absolute Gasteiger partial charge is 0.244 e. The van der Waals surface area contributed by atoms with Crippen molar-refractivity contribution in [2.24, 2.45) is 5.92 Å². The first-order valence-corrected chi connectivity index (χ1v) is 7.17. The molecule has 6 nitrogen and oxygen atoms in total. The first kappa shape index (κ1) is 12.6. The van der Waals surface area contributed by atoms with E-state index in [0.717, 1.165) is 32.5 Å². The van der Waals surface area contributed by atoms with E-state index >= 15 is 0 Å². The number of rotatable bonds is 5. The molecule has 1 amide bonds. The Morgan fingerprint density at radius 2 is 2.32 bits per heavy atom. The van der Waals surface area contributed by atoms with Gasteiger partial charge in [0.2, 0.25) is 5.91 Å². The van der Waals surface area contributed by atoms with Gasteiger partial charge in [0.05, 0.1) is 6.20 Å². The van der Waals surface area contributed by atoms with Crippen LogP contribution in [0.1, 0.15) is 25.7 Å². The molecule has 2 fully saturated rings. The number of hydrogen-bond acceptors (Lipinski definition) is 4. The molecule has 2 aliphatic rings. The zero-order valence-corrected chi connectivity index (χ0v) is 11.2. The lowest BCUT2D eigenvalue weighted by Gasteiger charge is -2.30. The van der Waals surface area contributed by atoms with E-state index in [1.54, 1.807) is 17.1 Å². The van der Waals surface area contributed by atoms with Crippen LogP contribution in [-0.2, 0) is 11.3 Å². The van der Waals surface area contributed by atoms with Crippen molar-refractivity contribution < 1.29 is 4.79 Å². The topological polar surface area (TPSA) is 63.1 Å². The van der Waals surface area contributed by atoms with Crippen molar-refractivity contribution in [3.05, 3.63) is 12.4 Å². The molecule has 6 heteroatoms. The molecule has 0 aromatic carbocycles. The fraction of sp³-hybridized carbons (Fsp3) is 0.769. The Kier molecular flexibility index (Phi) is 3.77. The number of piperidine rings is 1. The van der Waals surface area contributed by atoms with Crippen molar-refractivity contribution in [3.8, 4) is 0 Å². The van der Waals surface area contributed by atoms with Gasteiger partial charge < -0.3 is 10.2 Å². The number of hydrogen-bond donors (Lipinski definition) is 1. The van der Waals surface area contributed by atoms with Crippen LogP contribution in [0.3, 0.4) is 0 Å². The first-order valence-electron chi connectivity index (χ1n) is 7.17. The number of aromatic nitrogens is 3. The minimum absolute atomic E-state index is 0.179. The van der Waals surface area contributed by atoms with Crippen molar-refractivity contribution >= 4 is 5.91 Å². The molecule has 1 aliphatic carbocycles. The number of nitrogens with one attached hydrogen (secondary N) is 1. The number of amides is 1. The highest BCUT2D eigenvalue weighted by molar-refractivity contribution is 5.76. The summed E-state index contributed by atoms with van der Waals surface area (Å²) in [4.78, 5) is 14.5. The van der Waals surface area contributed by atoms with Crippen LogP contribution in [0.15, 0.2) is 12.4 Å². The van der Waals surface area contributed by atoms with Crippen LogP contribution in [0.4, 0.5) is 0 Å². The highest BCUT2D eigenvalue weighted by atomic mass is 16.2. The van der Waals surface area contributed by atoms with Crippen LogP contribution in [0.2, 0.25) is 0 Å². The Labute approximate surface area is 113 Å². The number of carbonyl (C=O) groups excluding carboxylic acids is 1. The Morgan fingerprint density at radius 1 is 1.42 bits per heavy atom. The van der Waals surface area contributed by atoms with Crippen LogP contribution in [0.5, 0.6) is 0 Å². The van der Waals surface area contributed by atoms with Crippen molar-refractivity contribution in [1.29, 1.82) is 0 Å². The second kappa shape index (κ2) is 5.69. The van der Waals surface area contributed by atoms with Crippen molar-refractivity contribution in [1.82, 2.24) is 25.2 Å². The second-order valence-electron chi connectivity index (χ2n) is 5.59. The summed E-state index contributed by atoms with van der Waals surface area (Å²) in [5, 5.41) is 11.0. The Hall–Kier alpha value is -1.43. The summed E-state index contributed by atoms with van der Waals surface area (Å²) < 4.78 is 1.61. The van der Waals surface area contributed by atoms with Crippen molar-refractivity contribution in [2.45, 2.75) is 38.3 Å². The summed E-state index contributed by atoms with van der Waals surface area (Å²) in [5.74, 6) is 0.785. The lowest BCUT2D eigenvalue weighted by molar-refractivity contribution is -0.133. The van der Waals surface area contributed by atoms with Gasteiger partial charge in [-0.05, 0) is 44.7 Å². The third-order valence-corrected chi connectivity index (χ3v) is 3.93. The predicted molar refractivity (Wildman–Crippen MR) is 70.4 cm³/mol. The van der Waals surface area contributed by atoms with Gasteiger partial charge >= 0.3 is 0 Å². The molecule has 1 unspecified atom stereocenters. The Bertz CT molecular complexity index is 409. The standard InChI is InChI=1S/C13H21N5O/c19-13(10-17-7-6-15-16-17)18(12-3-4-12)9-11-2-1-5-14-8-11/h6-7,11-12,14H,1-5,8-10H2. The van der Waals surface area contributed by atoms with E-state index in [1.165, 1.54) is 12.8 Å². The molecule has 3 rings (SSSR count). The zero-order chi connectivity index (χ0) is 13.1. The summed E-state index contributed by atoms with van der Waals surface area (Å²) in [6.07, 6.45) is 8.12. The molecule has 1 N–H and O–H groups in total. The Morgan fingerprint density at radius 3 is 2.95 bits per heavy atom. The fourth-order valence-electron chi connectivity index (χ4n) is 2.75. The van der Waals surface area contributed by atoms with Crippen LogP contribution in [0, 0.1) is 5.92 Å². The van der Waals surface area contributed by atoms with E-state index in [-0.39, 0.29) is 5.91 Å².